The maximum Gasteiger partial charge on any atom is 0.338 e. The standard InChI is InChI=1S/C24H24N2O4S/c1-3-29-24(28)20-10-8-19(9-11-20)22-13-12-21(30-22)14-25-26-23(27)16-31-15-18-6-4-17(2)5-7-18/h4-14H,3,15-16H2,1-2H3,(H,26,27)/b25-14+. The summed E-state index contributed by atoms with van der Waals surface area (Å²) in [6.45, 7) is 4.15. The monoisotopic (exact) mass is 436 g/mol. The normalized spacial score (nSPS) is 10.9. The SMILES string of the molecule is CCOC(=O)c1ccc(-c2ccc(/C=N/NC(=O)CSCc3ccc(C)cc3)o2)cc1. The maximum absolute atomic E-state index is 11.9. The summed E-state index contributed by atoms with van der Waals surface area (Å²) in [7, 11) is 0. The molecule has 2 aromatic carbocycles. The summed E-state index contributed by atoms with van der Waals surface area (Å²) in [4.78, 5) is 23.6. The minimum Gasteiger partial charge on any atom is -0.462 e. The highest BCUT2D eigenvalue weighted by Crippen LogP contribution is 2.22. The quantitative estimate of drug-likeness (QED) is 0.296. The van der Waals surface area contributed by atoms with Crippen LogP contribution in [0.5, 0.6) is 0 Å². The van der Waals surface area contributed by atoms with E-state index >= 15 is 0 Å². The Bertz CT molecular complexity index is 1040. The van der Waals surface area contributed by atoms with E-state index in [1.165, 1.54) is 29.1 Å². The van der Waals surface area contributed by atoms with Crippen molar-refractivity contribution in [1.82, 2.24) is 5.43 Å². The molecule has 0 fully saturated rings. The predicted octanol–water partition coefficient (Wildman–Crippen LogP) is 4.82. The molecule has 0 saturated heterocycles. The molecule has 0 saturated carbocycles. The van der Waals surface area contributed by atoms with Crippen molar-refractivity contribution in [3.63, 3.8) is 0 Å². The summed E-state index contributed by atoms with van der Waals surface area (Å²) in [6, 6.07) is 18.8. The molecule has 31 heavy (non-hydrogen) atoms. The lowest BCUT2D eigenvalue weighted by Crippen LogP contribution is -2.19. The Morgan fingerprint density at radius 3 is 2.52 bits per heavy atom. The van der Waals surface area contributed by atoms with Gasteiger partial charge in [0.05, 0.1) is 24.1 Å². The maximum atomic E-state index is 11.9. The first-order valence-corrected chi connectivity index (χ1v) is 11.0. The number of aryl methyl sites for hydroxylation is 1. The number of rotatable bonds is 9. The molecule has 0 radical (unpaired) electrons. The summed E-state index contributed by atoms with van der Waals surface area (Å²) in [5, 5.41) is 3.95. The van der Waals surface area contributed by atoms with Gasteiger partial charge in [-0.2, -0.15) is 5.10 Å². The van der Waals surface area contributed by atoms with Gasteiger partial charge >= 0.3 is 5.97 Å². The van der Waals surface area contributed by atoms with Gasteiger partial charge in [-0.25, -0.2) is 10.2 Å². The summed E-state index contributed by atoms with van der Waals surface area (Å²) in [5.74, 6) is 1.72. The van der Waals surface area contributed by atoms with Crippen LogP contribution in [0.3, 0.4) is 0 Å². The van der Waals surface area contributed by atoms with Gasteiger partial charge in [0.2, 0.25) is 5.91 Å². The fraction of sp³-hybridized carbons (Fsp3) is 0.208. The molecule has 1 N–H and O–H groups in total. The molecule has 160 valence electrons. The number of hydrogen-bond acceptors (Lipinski definition) is 6. The number of esters is 1. The van der Waals surface area contributed by atoms with E-state index in [1.54, 1.807) is 43.3 Å². The number of thioether (sulfide) groups is 1. The van der Waals surface area contributed by atoms with E-state index in [0.717, 1.165) is 11.3 Å². The predicted molar refractivity (Wildman–Crippen MR) is 123 cm³/mol. The Labute approximate surface area is 185 Å². The van der Waals surface area contributed by atoms with Crippen molar-refractivity contribution in [2.24, 2.45) is 5.10 Å². The Balaban J connectivity index is 1.46. The lowest BCUT2D eigenvalue weighted by Gasteiger charge is -2.02. The van der Waals surface area contributed by atoms with Crippen LogP contribution in [0.1, 0.15) is 34.2 Å². The summed E-state index contributed by atoms with van der Waals surface area (Å²) >= 11 is 1.53. The second-order valence-electron chi connectivity index (χ2n) is 6.77. The van der Waals surface area contributed by atoms with Gasteiger partial charge in [-0.05, 0) is 43.7 Å². The Morgan fingerprint density at radius 1 is 1.06 bits per heavy atom. The number of hydrogen-bond donors (Lipinski definition) is 1. The molecular formula is C24H24N2O4S. The van der Waals surface area contributed by atoms with Gasteiger partial charge in [-0.3, -0.25) is 4.79 Å². The van der Waals surface area contributed by atoms with E-state index in [-0.39, 0.29) is 11.9 Å². The highest BCUT2D eigenvalue weighted by Gasteiger charge is 2.08. The zero-order chi connectivity index (χ0) is 22.1. The Kier molecular flexibility index (Phi) is 8.06. The van der Waals surface area contributed by atoms with Crippen LogP contribution in [0, 0.1) is 6.92 Å². The molecule has 0 aliphatic heterocycles. The van der Waals surface area contributed by atoms with Crippen molar-refractivity contribution in [3.05, 3.63) is 83.1 Å². The van der Waals surface area contributed by atoms with Gasteiger partial charge in [0.25, 0.3) is 0 Å². The molecule has 0 spiro atoms. The van der Waals surface area contributed by atoms with Crippen LogP contribution >= 0.6 is 11.8 Å². The first-order chi connectivity index (χ1) is 15.0. The number of hydrazone groups is 1. The molecule has 0 aliphatic carbocycles. The third-order valence-corrected chi connectivity index (χ3v) is 5.31. The summed E-state index contributed by atoms with van der Waals surface area (Å²) in [5.41, 5.74) is 6.22. The van der Waals surface area contributed by atoms with Crippen LogP contribution in [0.15, 0.2) is 70.2 Å². The largest absolute Gasteiger partial charge is 0.462 e. The lowest BCUT2D eigenvalue weighted by molar-refractivity contribution is -0.118. The topological polar surface area (TPSA) is 80.9 Å². The molecular weight excluding hydrogens is 412 g/mol. The molecule has 0 atom stereocenters. The van der Waals surface area contributed by atoms with Crippen molar-refractivity contribution in [3.8, 4) is 11.3 Å². The van der Waals surface area contributed by atoms with Crippen LogP contribution in [-0.2, 0) is 15.3 Å². The van der Waals surface area contributed by atoms with Crippen molar-refractivity contribution in [1.29, 1.82) is 0 Å². The average Bonchev–Trinajstić information content (AvgIpc) is 3.24. The molecule has 0 bridgehead atoms. The smallest absolute Gasteiger partial charge is 0.338 e. The zero-order valence-corrected chi connectivity index (χ0v) is 18.3. The number of nitrogens with zero attached hydrogens (tertiary/aromatic N) is 1. The van der Waals surface area contributed by atoms with Crippen molar-refractivity contribution in [2.75, 3.05) is 12.4 Å². The van der Waals surface area contributed by atoms with Gasteiger partial charge in [-0.15, -0.1) is 11.8 Å². The molecule has 1 aromatic heterocycles. The average molecular weight is 437 g/mol. The molecule has 0 aliphatic rings. The highest BCUT2D eigenvalue weighted by atomic mass is 32.2. The number of nitrogens with one attached hydrogen (secondary N) is 1. The Hall–Kier alpha value is -3.32. The highest BCUT2D eigenvalue weighted by molar-refractivity contribution is 7.99. The number of amides is 1. The number of carbonyl (C=O) groups is 2. The summed E-state index contributed by atoms with van der Waals surface area (Å²) in [6.07, 6.45) is 1.46. The van der Waals surface area contributed by atoms with Crippen LogP contribution in [0.2, 0.25) is 0 Å². The van der Waals surface area contributed by atoms with E-state index in [9.17, 15) is 9.59 Å². The summed E-state index contributed by atoms with van der Waals surface area (Å²) < 4.78 is 10.7. The second-order valence-corrected chi connectivity index (χ2v) is 7.76. The third-order valence-electron chi connectivity index (χ3n) is 4.31. The van der Waals surface area contributed by atoms with Crippen molar-refractivity contribution >= 4 is 29.9 Å². The number of benzene rings is 2. The van der Waals surface area contributed by atoms with E-state index in [2.05, 4.69) is 34.8 Å². The van der Waals surface area contributed by atoms with Gasteiger partial charge in [0.1, 0.15) is 11.5 Å². The minimum absolute atomic E-state index is 0.172. The Morgan fingerprint density at radius 2 is 1.81 bits per heavy atom. The first-order valence-electron chi connectivity index (χ1n) is 9.87. The van der Waals surface area contributed by atoms with Gasteiger partial charge in [-0.1, -0.05) is 42.0 Å². The molecule has 6 nitrogen and oxygen atoms in total. The number of ether oxygens (including phenoxy) is 1. The van der Waals surface area contributed by atoms with E-state index in [4.69, 9.17) is 9.15 Å². The lowest BCUT2D eigenvalue weighted by atomic mass is 10.1. The molecule has 3 aromatic rings. The molecule has 7 heteroatoms. The van der Waals surface area contributed by atoms with E-state index in [1.807, 2.05) is 6.92 Å². The first kappa shape index (κ1) is 22.4. The van der Waals surface area contributed by atoms with Crippen LogP contribution in [0.4, 0.5) is 0 Å². The van der Waals surface area contributed by atoms with Crippen LogP contribution in [0.25, 0.3) is 11.3 Å². The molecule has 1 amide bonds. The van der Waals surface area contributed by atoms with Gasteiger partial charge in [0.15, 0.2) is 0 Å². The number of carbonyl (C=O) groups excluding carboxylic acids is 2. The fourth-order valence-electron chi connectivity index (χ4n) is 2.71. The molecule has 3 rings (SSSR count). The molecule has 0 unspecified atom stereocenters. The minimum atomic E-state index is -0.353. The van der Waals surface area contributed by atoms with Crippen molar-refractivity contribution in [2.45, 2.75) is 19.6 Å². The zero-order valence-electron chi connectivity index (χ0n) is 17.5. The van der Waals surface area contributed by atoms with Crippen molar-refractivity contribution < 1.29 is 18.7 Å². The van der Waals surface area contributed by atoms with E-state index < -0.39 is 0 Å². The van der Waals surface area contributed by atoms with E-state index in [0.29, 0.717) is 29.4 Å². The fourth-order valence-corrected chi connectivity index (χ4v) is 3.49. The van der Waals surface area contributed by atoms with Crippen LogP contribution in [-0.4, -0.2) is 30.5 Å². The number of furan rings is 1. The van der Waals surface area contributed by atoms with Gasteiger partial charge < -0.3 is 9.15 Å². The van der Waals surface area contributed by atoms with Gasteiger partial charge in [0, 0.05) is 11.3 Å². The third kappa shape index (κ3) is 6.86. The second kappa shape index (κ2) is 11.2. The van der Waals surface area contributed by atoms with Crippen LogP contribution < -0.4 is 5.43 Å². The molecule has 1 heterocycles.